The van der Waals surface area contributed by atoms with Gasteiger partial charge in [0.15, 0.2) is 0 Å². The van der Waals surface area contributed by atoms with Gasteiger partial charge in [0.25, 0.3) is 5.56 Å². The zero-order valence-electron chi connectivity index (χ0n) is 11.7. The summed E-state index contributed by atoms with van der Waals surface area (Å²) >= 11 is 3.20. The van der Waals surface area contributed by atoms with Crippen molar-refractivity contribution in [1.29, 1.82) is 0 Å². The summed E-state index contributed by atoms with van der Waals surface area (Å²) in [4.78, 5) is 19.3. The van der Waals surface area contributed by atoms with E-state index in [1.165, 1.54) is 10.4 Å². The number of aromatic amines is 1. The molecule has 0 saturated heterocycles. The third-order valence-corrected chi connectivity index (χ3v) is 5.69. The van der Waals surface area contributed by atoms with Crippen LogP contribution in [0.15, 0.2) is 22.3 Å². The first kappa shape index (κ1) is 13.9. The lowest BCUT2D eigenvalue weighted by atomic mass is 10.1. The molecule has 0 atom stereocenters. The summed E-state index contributed by atoms with van der Waals surface area (Å²) in [6, 6.07) is 0. The Labute approximate surface area is 134 Å². The molecule has 3 aromatic heterocycles. The third kappa shape index (κ3) is 2.44. The van der Waals surface area contributed by atoms with E-state index >= 15 is 0 Å². The van der Waals surface area contributed by atoms with Gasteiger partial charge < -0.3 is 5.32 Å². The zero-order valence-corrected chi connectivity index (χ0v) is 13.3. The smallest absolute Gasteiger partial charge is 0.262 e. The summed E-state index contributed by atoms with van der Waals surface area (Å²) in [7, 11) is 0. The molecule has 2 N–H and O–H groups in total. The Morgan fingerprint density at radius 2 is 2.41 bits per heavy atom. The van der Waals surface area contributed by atoms with Crippen LogP contribution in [0.2, 0.25) is 0 Å². The molecule has 0 spiro atoms. The van der Waals surface area contributed by atoms with Crippen LogP contribution in [0.5, 0.6) is 0 Å². The Balaban J connectivity index is 1.61. The van der Waals surface area contributed by atoms with E-state index in [4.69, 9.17) is 0 Å². The Bertz CT molecular complexity index is 853. The number of thioether (sulfide) groups is 1. The lowest BCUT2D eigenvalue weighted by molar-refractivity contribution is 0.655. The predicted octanol–water partition coefficient (Wildman–Crippen LogP) is 1.01. The highest BCUT2D eigenvalue weighted by Crippen LogP contribution is 2.29. The van der Waals surface area contributed by atoms with Crippen molar-refractivity contribution in [2.24, 2.45) is 0 Å². The minimum atomic E-state index is 0.0742. The number of aromatic nitrogens is 5. The van der Waals surface area contributed by atoms with Gasteiger partial charge in [0.05, 0.1) is 17.9 Å². The van der Waals surface area contributed by atoms with Crippen molar-refractivity contribution in [3.05, 3.63) is 33.3 Å². The van der Waals surface area contributed by atoms with Crippen LogP contribution in [0.3, 0.4) is 0 Å². The number of hydrogen-bond donors (Lipinski definition) is 2. The van der Waals surface area contributed by atoms with Crippen LogP contribution in [0, 0.1) is 0 Å². The van der Waals surface area contributed by atoms with Gasteiger partial charge in [0, 0.05) is 23.7 Å². The number of nitrogens with zero attached hydrogens (tertiary/aromatic N) is 4. The first-order valence-electron chi connectivity index (χ1n) is 7.02. The second-order valence-electron chi connectivity index (χ2n) is 5.01. The molecule has 1 aliphatic heterocycles. The summed E-state index contributed by atoms with van der Waals surface area (Å²) in [5.41, 5.74) is 1.26. The molecule has 0 bridgehead atoms. The second-order valence-corrected chi connectivity index (χ2v) is 7.21. The molecule has 0 radical (unpaired) electrons. The van der Waals surface area contributed by atoms with Crippen LogP contribution >= 0.6 is 23.1 Å². The highest BCUT2D eigenvalue weighted by molar-refractivity contribution is 7.99. The van der Waals surface area contributed by atoms with Gasteiger partial charge in [0.1, 0.15) is 9.86 Å². The van der Waals surface area contributed by atoms with Gasteiger partial charge in [-0.15, -0.1) is 28.2 Å². The number of H-pyrrole nitrogens is 1. The van der Waals surface area contributed by atoms with Gasteiger partial charge in [-0.25, -0.2) is 4.98 Å². The fourth-order valence-corrected chi connectivity index (χ4v) is 4.50. The summed E-state index contributed by atoms with van der Waals surface area (Å²) in [5.74, 6) is 0.757. The molecule has 0 saturated carbocycles. The van der Waals surface area contributed by atoms with Crippen LogP contribution < -0.4 is 10.9 Å². The monoisotopic (exact) mass is 334 g/mol. The maximum atomic E-state index is 12.7. The topological polar surface area (TPSA) is 88.5 Å². The molecule has 0 aromatic carbocycles. The number of hydrogen-bond acceptors (Lipinski definition) is 7. The summed E-state index contributed by atoms with van der Waals surface area (Å²) < 4.78 is 1.70. The molecule has 7 nitrogen and oxygen atoms in total. The lowest BCUT2D eigenvalue weighted by Crippen LogP contribution is -2.25. The average molecular weight is 334 g/mol. The first-order valence-corrected chi connectivity index (χ1v) is 8.82. The maximum Gasteiger partial charge on any atom is 0.262 e. The number of aryl methyl sites for hydroxylation is 1. The molecule has 4 heterocycles. The van der Waals surface area contributed by atoms with Gasteiger partial charge in [-0.2, -0.15) is 10.3 Å². The quantitative estimate of drug-likeness (QED) is 0.693. The highest BCUT2D eigenvalue weighted by atomic mass is 32.2. The van der Waals surface area contributed by atoms with E-state index < -0.39 is 0 Å². The Kier molecular flexibility index (Phi) is 3.68. The Morgan fingerprint density at radius 3 is 3.27 bits per heavy atom. The fourth-order valence-electron chi connectivity index (χ4n) is 2.62. The van der Waals surface area contributed by atoms with Crippen molar-refractivity contribution < 1.29 is 0 Å². The van der Waals surface area contributed by atoms with E-state index in [1.54, 1.807) is 40.2 Å². The minimum Gasteiger partial charge on any atom is -0.312 e. The molecular formula is C13H14N6OS2. The third-order valence-electron chi connectivity index (χ3n) is 3.67. The molecule has 4 rings (SSSR count). The van der Waals surface area contributed by atoms with Gasteiger partial charge in [-0.3, -0.25) is 9.36 Å². The highest BCUT2D eigenvalue weighted by Gasteiger charge is 2.19. The molecule has 0 unspecified atom stereocenters. The fraction of sp³-hybridized carbons (Fsp3) is 0.385. The van der Waals surface area contributed by atoms with E-state index in [-0.39, 0.29) is 5.56 Å². The summed E-state index contributed by atoms with van der Waals surface area (Å²) in [5, 5.41) is 15.3. The van der Waals surface area contributed by atoms with Gasteiger partial charge in [-0.05, 0) is 18.5 Å². The first-order chi connectivity index (χ1) is 10.8. The summed E-state index contributed by atoms with van der Waals surface area (Å²) in [6.07, 6.45) is 4.24. The van der Waals surface area contributed by atoms with Crippen molar-refractivity contribution in [1.82, 2.24) is 30.3 Å². The molecule has 1 aliphatic rings. The van der Waals surface area contributed by atoms with E-state index in [9.17, 15) is 4.79 Å². The molecule has 9 heteroatoms. The van der Waals surface area contributed by atoms with E-state index in [2.05, 4.69) is 25.7 Å². The standard InChI is InChI=1S/C13H14N6OS2/c20-13-11-8-1-2-14-5-9(8)22-12(11)15-7-19(13)3-4-21-10-6-16-18-17-10/h6-7,14H,1-5H2,(H,16,17,18). The number of rotatable bonds is 4. The molecule has 0 amide bonds. The molecule has 0 aliphatic carbocycles. The molecule has 0 fully saturated rings. The molecular weight excluding hydrogens is 320 g/mol. The zero-order chi connectivity index (χ0) is 14.9. The lowest BCUT2D eigenvalue weighted by Gasteiger charge is -2.12. The molecule has 114 valence electrons. The predicted molar refractivity (Wildman–Crippen MR) is 86.4 cm³/mol. The van der Waals surface area contributed by atoms with E-state index in [0.717, 1.165) is 40.5 Å². The minimum absolute atomic E-state index is 0.0742. The van der Waals surface area contributed by atoms with Crippen LogP contribution in [0.4, 0.5) is 0 Å². The van der Waals surface area contributed by atoms with Crippen molar-refractivity contribution in [3.63, 3.8) is 0 Å². The SMILES string of the molecule is O=c1c2c3c(sc2ncn1CCSc1cn[nH]n1)CNCC3. The normalized spacial score (nSPS) is 14.4. The Morgan fingerprint density at radius 1 is 1.45 bits per heavy atom. The molecule has 3 aromatic rings. The number of nitrogens with one attached hydrogen (secondary N) is 2. The van der Waals surface area contributed by atoms with Crippen LogP contribution in [-0.4, -0.2) is 37.3 Å². The largest absolute Gasteiger partial charge is 0.312 e. The van der Waals surface area contributed by atoms with Crippen molar-refractivity contribution in [2.45, 2.75) is 24.5 Å². The van der Waals surface area contributed by atoms with Crippen molar-refractivity contribution in [3.8, 4) is 0 Å². The number of fused-ring (bicyclic) bond motifs is 3. The van der Waals surface area contributed by atoms with Crippen LogP contribution in [0.25, 0.3) is 10.2 Å². The van der Waals surface area contributed by atoms with Gasteiger partial charge >= 0.3 is 0 Å². The maximum absolute atomic E-state index is 12.7. The average Bonchev–Trinajstić information content (AvgIpc) is 3.16. The number of thiophene rings is 1. The van der Waals surface area contributed by atoms with Crippen LogP contribution in [-0.2, 0) is 19.5 Å². The van der Waals surface area contributed by atoms with Gasteiger partial charge in [0.2, 0.25) is 0 Å². The Hall–Kier alpha value is -1.71. The molecule has 22 heavy (non-hydrogen) atoms. The van der Waals surface area contributed by atoms with E-state index in [0.29, 0.717) is 6.54 Å². The van der Waals surface area contributed by atoms with Crippen molar-refractivity contribution in [2.75, 3.05) is 12.3 Å². The van der Waals surface area contributed by atoms with Gasteiger partial charge in [-0.1, -0.05) is 0 Å². The summed E-state index contributed by atoms with van der Waals surface area (Å²) in [6.45, 7) is 2.38. The van der Waals surface area contributed by atoms with Crippen molar-refractivity contribution >= 4 is 33.3 Å². The van der Waals surface area contributed by atoms with E-state index in [1.807, 2.05) is 0 Å². The van der Waals surface area contributed by atoms with Crippen LogP contribution in [0.1, 0.15) is 10.4 Å². The second kappa shape index (κ2) is 5.82.